The first-order valence-electron chi connectivity index (χ1n) is 5.92. The summed E-state index contributed by atoms with van der Waals surface area (Å²) in [6.07, 6.45) is 0.456. The summed E-state index contributed by atoms with van der Waals surface area (Å²) in [5.41, 5.74) is 0. The van der Waals surface area contributed by atoms with Crippen molar-refractivity contribution in [2.75, 3.05) is 25.2 Å². The lowest BCUT2D eigenvalue weighted by Crippen LogP contribution is -2.49. The zero-order valence-electron chi connectivity index (χ0n) is 10.7. The number of thioether (sulfide) groups is 1. The highest BCUT2D eigenvalue weighted by molar-refractivity contribution is 7.99. The smallest absolute Gasteiger partial charge is 0.243 e. The van der Waals surface area contributed by atoms with Gasteiger partial charge in [-0.05, 0) is 14.0 Å². The number of amides is 2. The van der Waals surface area contributed by atoms with Crippen LogP contribution in [-0.4, -0.2) is 54.0 Å². The molecule has 5 nitrogen and oxygen atoms in total. The molecule has 0 aliphatic carbocycles. The number of nitrogens with one attached hydrogen (secondary N) is 2. The molecule has 6 heteroatoms. The van der Waals surface area contributed by atoms with Crippen LogP contribution in [0.25, 0.3) is 0 Å². The summed E-state index contributed by atoms with van der Waals surface area (Å²) in [4.78, 5) is 25.3. The van der Waals surface area contributed by atoms with E-state index in [0.29, 0.717) is 24.6 Å². The average molecular weight is 259 g/mol. The standard InChI is InChI=1S/C11H21N3O2S/c1-4-10(15)14-7-17-6-9(14)11(16)13-5-8(2)12-3/h8-9,12H,4-7H2,1-3H3,(H,13,16). The SMILES string of the molecule is CCC(=O)N1CSCC1C(=O)NCC(C)NC. The molecule has 2 unspecified atom stereocenters. The number of likely N-dealkylation sites (N-methyl/N-ethyl adjacent to an activating group) is 1. The molecule has 0 spiro atoms. The molecule has 1 heterocycles. The zero-order valence-corrected chi connectivity index (χ0v) is 11.5. The summed E-state index contributed by atoms with van der Waals surface area (Å²) in [5, 5.41) is 5.93. The lowest BCUT2D eigenvalue weighted by molar-refractivity contribution is -0.137. The lowest BCUT2D eigenvalue weighted by Gasteiger charge is -2.23. The van der Waals surface area contributed by atoms with E-state index < -0.39 is 0 Å². The Morgan fingerprint density at radius 3 is 2.82 bits per heavy atom. The highest BCUT2D eigenvalue weighted by atomic mass is 32.2. The molecule has 1 rings (SSSR count). The quantitative estimate of drug-likeness (QED) is 0.731. The minimum absolute atomic E-state index is 0.0427. The van der Waals surface area contributed by atoms with Gasteiger partial charge in [-0.15, -0.1) is 11.8 Å². The van der Waals surface area contributed by atoms with Gasteiger partial charge < -0.3 is 15.5 Å². The molecule has 98 valence electrons. The van der Waals surface area contributed by atoms with Crippen LogP contribution in [0.4, 0.5) is 0 Å². The van der Waals surface area contributed by atoms with Crippen molar-refractivity contribution in [1.82, 2.24) is 15.5 Å². The van der Waals surface area contributed by atoms with Gasteiger partial charge in [-0.3, -0.25) is 9.59 Å². The van der Waals surface area contributed by atoms with Gasteiger partial charge in [-0.1, -0.05) is 6.92 Å². The van der Waals surface area contributed by atoms with E-state index in [0.717, 1.165) is 0 Å². The van der Waals surface area contributed by atoms with Crippen molar-refractivity contribution in [3.63, 3.8) is 0 Å². The molecule has 1 saturated heterocycles. The highest BCUT2D eigenvalue weighted by Crippen LogP contribution is 2.21. The van der Waals surface area contributed by atoms with E-state index >= 15 is 0 Å². The summed E-state index contributed by atoms with van der Waals surface area (Å²) < 4.78 is 0. The number of carbonyl (C=O) groups excluding carboxylic acids is 2. The first-order chi connectivity index (χ1) is 8.10. The van der Waals surface area contributed by atoms with Crippen molar-refractivity contribution >= 4 is 23.6 Å². The normalized spacial score (nSPS) is 21.4. The van der Waals surface area contributed by atoms with Crippen LogP contribution in [0.2, 0.25) is 0 Å². The molecule has 1 fully saturated rings. The van der Waals surface area contributed by atoms with E-state index in [2.05, 4.69) is 10.6 Å². The van der Waals surface area contributed by atoms with Crippen LogP contribution in [0, 0.1) is 0 Å². The van der Waals surface area contributed by atoms with Gasteiger partial charge >= 0.3 is 0 Å². The highest BCUT2D eigenvalue weighted by Gasteiger charge is 2.33. The molecule has 0 aromatic rings. The maximum atomic E-state index is 12.0. The minimum Gasteiger partial charge on any atom is -0.353 e. The molecule has 2 amide bonds. The van der Waals surface area contributed by atoms with Gasteiger partial charge in [0.2, 0.25) is 11.8 Å². The molecular weight excluding hydrogens is 238 g/mol. The van der Waals surface area contributed by atoms with Crippen molar-refractivity contribution < 1.29 is 9.59 Å². The number of hydrogen-bond donors (Lipinski definition) is 2. The van der Waals surface area contributed by atoms with E-state index in [1.807, 2.05) is 20.9 Å². The average Bonchev–Trinajstić information content (AvgIpc) is 2.83. The Labute approximate surface area is 107 Å². The van der Waals surface area contributed by atoms with Gasteiger partial charge in [0.05, 0.1) is 5.88 Å². The van der Waals surface area contributed by atoms with Crippen LogP contribution in [-0.2, 0) is 9.59 Å². The molecule has 2 atom stereocenters. The monoisotopic (exact) mass is 259 g/mol. The van der Waals surface area contributed by atoms with E-state index in [-0.39, 0.29) is 23.9 Å². The van der Waals surface area contributed by atoms with E-state index in [9.17, 15) is 9.59 Å². The van der Waals surface area contributed by atoms with Crippen molar-refractivity contribution in [2.45, 2.75) is 32.4 Å². The first-order valence-corrected chi connectivity index (χ1v) is 7.07. The Balaban J connectivity index is 2.47. The second kappa shape index (κ2) is 6.86. The van der Waals surface area contributed by atoms with Gasteiger partial charge in [-0.25, -0.2) is 0 Å². The van der Waals surface area contributed by atoms with Crippen molar-refractivity contribution in [3.05, 3.63) is 0 Å². The fourth-order valence-electron chi connectivity index (χ4n) is 1.58. The maximum Gasteiger partial charge on any atom is 0.243 e. The predicted molar refractivity (Wildman–Crippen MR) is 69.8 cm³/mol. The molecule has 0 aromatic carbocycles. The summed E-state index contributed by atoms with van der Waals surface area (Å²) >= 11 is 1.63. The third-order valence-corrected chi connectivity index (χ3v) is 3.90. The fraction of sp³-hybridized carbons (Fsp3) is 0.818. The first kappa shape index (κ1) is 14.3. The fourth-order valence-corrected chi connectivity index (χ4v) is 2.76. The van der Waals surface area contributed by atoms with Crippen LogP contribution in [0.5, 0.6) is 0 Å². The number of nitrogens with zero attached hydrogens (tertiary/aromatic N) is 1. The van der Waals surface area contributed by atoms with E-state index in [1.165, 1.54) is 0 Å². The second-order valence-electron chi connectivity index (χ2n) is 4.17. The molecule has 0 aromatic heterocycles. The van der Waals surface area contributed by atoms with Gasteiger partial charge in [0.25, 0.3) is 0 Å². The van der Waals surface area contributed by atoms with Gasteiger partial charge in [-0.2, -0.15) is 0 Å². The number of carbonyl (C=O) groups is 2. The van der Waals surface area contributed by atoms with Gasteiger partial charge in [0.1, 0.15) is 6.04 Å². The number of hydrogen-bond acceptors (Lipinski definition) is 4. The lowest BCUT2D eigenvalue weighted by atomic mass is 10.2. The molecule has 0 radical (unpaired) electrons. The summed E-state index contributed by atoms with van der Waals surface area (Å²) in [6, 6.07) is -0.0557. The Hall–Kier alpha value is -0.750. The van der Waals surface area contributed by atoms with E-state index in [4.69, 9.17) is 0 Å². The maximum absolute atomic E-state index is 12.0. The Kier molecular flexibility index (Phi) is 5.77. The van der Waals surface area contributed by atoms with Crippen LogP contribution < -0.4 is 10.6 Å². The molecule has 2 N–H and O–H groups in total. The van der Waals surface area contributed by atoms with Crippen LogP contribution in [0.1, 0.15) is 20.3 Å². The molecule has 1 aliphatic rings. The summed E-state index contributed by atoms with van der Waals surface area (Å²) in [5.74, 6) is 1.34. The molecular formula is C11H21N3O2S. The second-order valence-corrected chi connectivity index (χ2v) is 5.17. The molecule has 1 aliphatic heterocycles. The van der Waals surface area contributed by atoms with Crippen molar-refractivity contribution in [3.8, 4) is 0 Å². The minimum atomic E-state index is -0.295. The third kappa shape index (κ3) is 3.89. The van der Waals surface area contributed by atoms with Crippen LogP contribution >= 0.6 is 11.8 Å². The van der Waals surface area contributed by atoms with Crippen molar-refractivity contribution in [2.24, 2.45) is 0 Å². The molecule has 0 bridgehead atoms. The topological polar surface area (TPSA) is 61.4 Å². The third-order valence-electron chi connectivity index (χ3n) is 2.88. The summed E-state index contributed by atoms with van der Waals surface area (Å²) in [6.45, 7) is 4.41. The summed E-state index contributed by atoms with van der Waals surface area (Å²) in [7, 11) is 1.86. The largest absolute Gasteiger partial charge is 0.353 e. The Morgan fingerprint density at radius 2 is 2.24 bits per heavy atom. The molecule has 0 saturated carbocycles. The van der Waals surface area contributed by atoms with Crippen LogP contribution in [0.3, 0.4) is 0 Å². The number of rotatable bonds is 5. The van der Waals surface area contributed by atoms with Crippen molar-refractivity contribution in [1.29, 1.82) is 0 Å². The van der Waals surface area contributed by atoms with Gasteiger partial charge in [0, 0.05) is 24.8 Å². The van der Waals surface area contributed by atoms with E-state index in [1.54, 1.807) is 16.7 Å². The van der Waals surface area contributed by atoms with Crippen LogP contribution in [0.15, 0.2) is 0 Å². The van der Waals surface area contributed by atoms with Gasteiger partial charge in [0.15, 0.2) is 0 Å². The predicted octanol–water partition coefficient (Wildman–Crippen LogP) is 0.0220. The zero-order chi connectivity index (χ0) is 12.8. The Morgan fingerprint density at radius 1 is 1.53 bits per heavy atom. The molecule has 17 heavy (non-hydrogen) atoms. The Bertz CT molecular complexity index is 286.